The third kappa shape index (κ3) is 5.13. The number of rotatable bonds is 6. The number of piperazine rings is 1. The number of amides is 1. The molecule has 10 heteroatoms. The van der Waals surface area contributed by atoms with E-state index in [0.717, 1.165) is 0 Å². The molecule has 1 fully saturated rings. The van der Waals surface area contributed by atoms with Crippen molar-refractivity contribution in [3.8, 4) is 0 Å². The average Bonchev–Trinajstić information content (AvgIpc) is 2.96. The van der Waals surface area contributed by atoms with Crippen molar-refractivity contribution in [1.82, 2.24) is 20.5 Å². The molecule has 1 aromatic heterocycles. The molecule has 1 unspecified atom stereocenters. The van der Waals surface area contributed by atoms with Crippen LogP contribution in [0.1, 0.15) is 15.5 Å². The first-order valence-electron chi connectivity index (χ1n) is 7.36. The van der Waals surface area contributed by atoms with Gasteiger partial charge in [-0.2, -0.15) is 13.2 Å². The molecule has 2 heterocycles. The van der Waals surface area contributed by atoms with Gasteiger partial charge >= 0.3 is 6.18 Å². The highest BCUT2D eigenvalue weighted by atomic mass is 32.1. The smallest absolute Gasteiger partial charge is 0.349 e. The van der Waals surface area contributed by atoms with Crippen molar-refractivity contribution in [2.75, 3.05) is 39.3 Å². The number of aromatic nitrogens is 1. The zero-order valence-electron chi connectivity index (χ0n) is 12.5. The summed E-state index contributed by atoms with van der Waals surface area (Å²) in [6, 6.07) is -1.68. The maximum absolute atomic E-state index is 13.2. The Morgan fingerprint density at radius 3 is 2.78 bits per heavy atom. The molecule has 1 saturated heterocycles. The number of hydrogen-bond donors (Lipinski definition) is 3. The number of nitrogens with zero attached hydrogens (tertiary/aromatic N) is 2. The highest BCUT2D eigenvalue weighted by molar-refractivity contribution is 7.09. The zero-order chi connectivity index (χ0) is 16.9. The third-order valence-corrected chi connectivity index (χ3v) is 4.48. The first kappa shape index (κ1) is 18.1. The second kappa shape index (κ2) is 8.04. The summed E-state index contributed by atoms with van der Waals surface area (Å²) in [6.45, 7) is 1.55. The van der Waals surface area contributed by atoms with E-state index in [0.29, 0.717) is 44.2 Å². The van der Waals surface area contributed by atoms with Gasteiger partial charge in [-0.25, -0.2) is 4.98 Å². The monoisotopic (exact) mass is 351 g/mol. The normalized spacial score (nSPS) is 17.9. The van der Waals surface area contributed by atoms with Crippen LogP contribution in [0.5, 0.6) is 0 Å². The Bertz CT molecular complexity index is 516. The van der Waals surface area contributed by atoms with Gasteiger partial charge in [-0.05, 0) is 6.54 Å². The maximum atomic E-state index is 13.2. The van der Waals surface area contributed by atoms with Crippen LogP contribution in [0.4, 0.5) is 13.2 Å². The van der Waals surface area contributed by atoms with Crippen molar-refractivity contribution in [3.63, 3.8) is 0 Å². The lowest BCUT2D eigenvalue weighted by atomic mass is 10.2. The topological polar surface area (TPSA) is 83.3 Å². The quantitative estimate of drug-likeness (QED) is 0.683. The van der Waals surface area contributed by atoms with Crippen LogP contribution in [0.15, 0.2) is 5.38 Å². The number of nitrogens with one attached hydrogen (secondary N) is 2. The third-order valence-electron chi connectivity index (χ3n) is 3.57. The number of hydrogen-bond acceptors (Lipinski definition) is 6. The minimum Gasteiger partial charge on any atom is -0.349 e. The molecule has 4 N–H and O–H groups in total. The highest BCUT2D eigenvalue weighted by Crippen LogP contribution is 2.24. The van der Waals surface area contributed by atoms with Crippen LogP contribution in [0.2, 0.25) is 0 Å². The Morgan fingerprint density at radius 1 is 1.48 bits per heavy atom. The zero-order valence-corrected chi connectivity index (χ0v) is 13.3. The molecule has 0 saturated carbocycles. The van der Waals surface area contributed by atoms with E-state index in [2.05, 4.69) is 15.6 Å². The number of carbonyl (C=O) groups is 1. The van der Waals surface area contributed by atoms with E-state index in [4.69, 9.17) is 5.73 Å². The largest absolute Gasteiger partial charge is 0.405 e. The molecule has 0 bridgehead atoms. The molecule has 130 valence electrons. The SMILES string of the molecule is NCCc1nc(C(=O)NCC(N2CCNCC2)C(F)(F)F)cs1. The van der Waals surface area contributed by atoms with Crippen LogP contribution in [0, 0.1) is 0 Å². The second-order valence-electron chi connectivity index (χ2n) is 5.22. The minimum absolute atomic E-state index is 0.139. The van der Waals surface area contributed by atoms with Gasteiger partial charge in [0.1, 0.15) is 11.7 Å². The second-order valence-corrected chi connectivity index (χ2v) is 6.16. The first-order valence-corrected chi connectivity index (χ1v) is 8.24. The van der Waals surface area contributed by atoms with Gasteiger partial charge in [0, 0.05) is 44.5 Å². The summed E-state index contributed by atoms with van der Waals surface area (Å²) < 4.78 is 39.7. The van der Waals surface area contributed by atoms with Crippen molar-refractivity contribution < 1.29 is 18.0 Å². The van der Waals surface area contributed by atoms with Crippen molar-refractivity contribution in [2.24, 2.45) is 5.73 Å². The molecule has 1 aromatic rings. The Hall–Kier alpha value is -1.23. The van der Waals surface area contributed by atoms with Gasteiger partial charge in [-0.3, -0.25) is 9.69 Å². The summed E-state index contributed by atoms with van der Waals surface area (Å²) in [5.74, 6) is -0.589. The first-order chi connectivity index (χ1) is 10.9. The van der Waals surface area contributed by atoms with Crippen molar-refractivity contribution in [1.29, 1.82) is 0 Å². The van der Waals surface area contributed by atoms with E-state index < -0.39 is 24.7 Å². The van der Waals surface area contributed by atoms with Gasteiger partial charge in [0.25, 0.3) is 5.91 Å². The molecular formula is C13H20F3N5OS. The van der Waals surface area contributed by atoms with E-state index in [1.807, 2.05) is 0 Å². The molecule has 1 amide bonds. The van der Waals surface area contributed by atoms with Crippen molar-refractivity contribution >= 4 is 17.2 Å². The Balaban J connectivity index is 1.95. The van der Waals surface area contributed by atoms with Crippen LogP contribution in [-0.4, -0.2) is 67.3 Å². The van der Waals surface area contributed by atoms with Crippen LogP contribution in [-0.2, 0) is 6.42 Å². The number of carbonyl (C=O) groups excluding carboxylic acids is 1. The Morgan fingerprint density at radius 2 is 2.17 bits per heavy atom. The molecule has 1 aliphatic rings. The van der Waals surface area contributed by atoms with E-state index in [9.17, 15) is 18.0 Å². The molecule has 23 heavy (non-hydrogen) atoms. The van der Waals surface area contributed by atoms with Crippen LogP contribution < -0.4 is 16.4 Å². The molecule has 1 atom stereocenters. The predicted molar refractivity (Wildman–Crippen MR) is 81.5 cm³/mol. The number of alkyl halides is 3. The van der Waals surface area contributed by atoms with E-state index in [-0.39, 0.29) is 5.69 Å². The molecular weight excluding hydrogens is 331 g/mol. The molecule has 1 aliphatic heterocycles. The summed E-state index contributed by atoms with van der Waals surface area (Å²) >= 11 is 1.28. The summed E-state index contributed by atoms with van der Waals surface area (Å²) in [7, 11) is 0. The maximum Gasteiger partial charge on any atom is 0.405 e. The average molecular weight is 351 g/mol. The standard InChI is InChI=1S/C13H20F3N5OS/c14-13(15,16)10(21-5-3-18-4-6-21)7-19-12(22)9-8-23-11(20-9)1-2-17/h8,10,18H,1-7,17H2,(H,19,22). The Labute approximate surface area is 136 Å². The van der Waals surface area contributed by atoms with Gasteiger partial charge in [-0.1, -0.05) is 0 Å². The van der Waals surface area contributed by atoms with E-state index in [1.54, 1.807) is 0 Å². The van der Waals surface area contributed by atoms with Gasteiger partial charge in [0.2, 0.25) is 0 Å². The number of nitrogens with two attached hydrogens (primary N) is 1. The number of halogens is 3. The van der Waals surface area contributed by atoms with Gasteiger partial charge in [0.15, 0.2) is 0 Å². The predicted octanol–water partition coefficient (Wildman–Crippen LogP) is 0.210. The fourth-order valence-electron chi connectivity index (χ4n) is 2.38. The fraction of sp³-hybridized carbons (Fsp3) is 0.692. The molecule has 0 radical (unpaired) electrons. The van der Waals surface area contributed by atoms with Gasteiger partial charge in [0.05, 0.1) is 5.01 Å². The molecule has 0 aliphatic carbocycles. The van der Waals surface area contributed by atoms with E-state index >= 15 is 0 Å². The minimum atomic E-state index is -4.39. The van der Waals surface area contributed by atoms with Gasteiger partial charge < -0.3 is 16.4 Å². The lowest BCUT2D eigenvalue weighted by Gasteiger charge is -2.35. The molecule has 6 nitrogen and oxygen atoms in total. The summed E-state index contributed by atoms with van der Waals surface area (Å²) in [4.78, 5) is 17.4. The molecule has 0 aromatic carbocycles. The highest BCUT2D eigenvalue weighted by Gasteiger charge is 2.43. The van der Waals surface area contributed by atoms with Crippen molar-refractivity contribution in [3.05, 3.63) is 16.1 Å². The van der Waals surface area contributed by atoms with Crippen LogP contribution in [0.25, 0.3) is 0 Å². The lowest BCUT2D eigenvalue weighted by molar-refractivity contribution is -0.183. The Kier molecular flexibility index (Phi) is 6.33. The summed E-state index contributed by atoms with van der Waals surface area (Å²) in [6.07, 6.45) is -3.85. The van der Waals surface area contributed by atoms with E-state index in [1.165, 1.54) is 21.6 Å². The summed E-state index contributed by atoms with van der Waals surface area (Å²) in [5.41, 5.74) is 5.54. The van der Waals surface area contributed by atoms with Crippen LogP contribution in [0.3, 0.4) is 0 Å². The molecule has 2 rings (SSSR count). The van der Waals surface area contributed by atoms with Crippen LogP contribution >= 0.6 is 11.3 Å². The number of thiazole rings is 1. The van der Waals surface area contributed by atoms with Gasteiger partial charge in [-0.15, -0.1) is 11.3 Å². The van der Waals surface area contributed by atoms with Crippen molar-refractivity contribution in [2.45, 2.75) is 18.6 Å². The fourth-order valence-corrected chi connectivity index (χ4v) is 3.17. The lowest BCUT2D eigenvalue weighted by Crippen LogP contribution is -2.57. The summed E-state index contributed by atoms with van der Waals surface area (Å²) in [5, 5.41) is 7.60. The molecule has 0 spiro atoms.